The van der Waals surface area contributed by atoms with E-state index in [-0.39, 0.29) is 10.5 Å². The second-order valence-electron chi connectivity index (χ2n) is 4.77. The standard InChI is InChI=1S/C16H17NO4S2/c1-11-8-9-12(10-13(11)16(18)21-2)23(19,20)17-14-6-4-5-7-15(14)22-3/h4-10,17H,1-3H3. The molecule has 2 aromatic rings. The van der Waals surface area contributed by atoms with Crippen LogP contribution in [-0.2, 0) is 14.8 Å². The molecule has 0 fully saturated rings. The van der Waals surface area contributed by atoms with Crippen molar-refractivity contribution >= 4 is 33.4 Å². The quantitative estimate of drug-likeness (QED) is 0.661. The van der Waals surface area contributed by atoms with Crippen molar-refractivity contribution in [3.63, 3.8) is 0 Å². The molecule has 0 aliphatic heterocycles. The second kappa shape index (κ2) is 7.06. The van der Waals surface area contributed by atoms with Crippen molar-refractivity contribution in [2.24, 2.45) is 0 Å². The Labute approximate surface area is 140 Å². The first-order chi connectivity index (χ1) is 10.9. The summed E-state index contributed by atoms with van der Waals surface area (Å²) in [5.74, 6) is -0.566. The van der Waals surface area contributed by atoms with Crippen LogP contribution in [0, 0.1) is 6.92 Å². The van der Waals surface area contributed by atoms with Crippen molar-refractivity contribution in [2.45, 2.75) is 16.7 Å². The molecule has 0 saturated carbocycles. The number of hydrogen-bond donors (Lipinski definition) is 1. The highest BCUT2D eigenvalue weighted by molar-refractivity contribution is 7.99. The van der Waals surface area contributed by atoms with Crippen LogP contribution in [0.5, 0.6) is 0 Å². The summed E-state index contributed by atoms with van der Waals surface area (Å²) in [6.45, 7) is 1.72. The van der Waals surface area contributed by atoms with Crippen LogP contribution >= 0.6 is 11.8 Å². The minimum atomic E-state index is -3.80. The van der Waals surface area contributed by atoms with Gasteiger partial charge in [0.25, 0.3) is 10.0 Å². The molecule has 0 aliphatic carbocycles. The molecule has 2 aromatic carbocycles. The molecule has 0 saturated heterocycles. The maximum Gasteiger partial charge on any atom is 0.338 e. The van der Waals surface area contributed by atoms with E-state index in [0.717, 1.165) is 4.90 Å². The Morgan fingerprint density at radius 3 is 2.52 bits per heavy atom. The van der Waals surface area contributed by atoms with Gasteiger partial charge in [-0.3, -0.25) is 4.72 Å². The van der Waals surface area contributed by atoms with E-state index in [4.69, 9.17) is 0 Å². The predicted octanol–water partition coefficient (Wildman–Crippen LogP) is 3.30. The number of para-hydroxylation sites is 1. The Morgan fingerprint density at radius 1 is 1.17 bits per heavy atom. The number of carbonyl (C=O) groups is 1. The van der Waals surface area contributed by atoms with Gasteiger partial charge in [-0.1, -0.05) is 18.2 Å². The van der Waals surface area contributed by atoms with Crippen LogP contribution in [-0.4, -0.2) is 27.8 Å². The van der Waals surface area contributed by atoms with E-state index in [1.54, 1.807) is 25.1 Å². The van der Waals surface area contributed by atoms with Crippen molar-refractivity contribution in [1.29, 1.82) is 0 Å². The Morgan fingerprint density at radius 2 is 1.87 bits per heavy atom. The van der Waals surface area contributed by atoms with Crippen LogP contribution < -0.4 is 4.72 Å². The number of carbonyl (C=O) groups excluding carboxylic acids is 1. The molecular formula is C16H17NO4S2. The smallest absolute Gasteiger partial charge is 0.338 e. The van der Waals surface area contributed by atoms with Gasteiger partial charge in [-0.15, -0.1) is 11.8 Å². The average molecular weight is 351 g/mol. The molecule has 1 N–H and O–H groups in total. The van der Waals surface area contributed by atoms with Crippen molar-refractivity contribution in [3.05, 3.63) is 53.6 Å². The summed E-state index contributed by atoms with van der Waals surface area (Å²) in [4.78, 5) is 12.6. The Hall–Kier alpha value is -1.99. The van der Waals surface area contributed by atoms with Crippen LogP contribution in [0.25, 0.3) is 0 Å². The first-order valence-electron chi connectivity index (χ1n) is 6.74. The van der Waals surface area contributed by atoms with Crippen molar-refractivity contribution in [3.8, 4) is 0 Å². The van der Waals surface area contributed by atoms with Gasteiger partial charge in [0.1, 0.15) is 0 Å². The van der Waals surface area contributed by atoms with E-state index in [1.807, 2.05) is 18.4 Å². The number of hydrogen-bond acceptors (Lipinski definition) is 5. The predicted molar refractivity (Wildman–Crippen MR) is 91.6 cm³/mol. The van der Waals surface area contributed by atoms with Gasteiger partial charge in [0, 0.05) is 4.90 Å². The van der Waals surface area contributed by atoms with Crippen LogP contribution in [0.2, 0.25) is 0 Å². The summed E-state index contributed by atoms with van der Waals surface area (Å²) in [6, 6.07) is 11.5. The van der Waals surface area contributed by atoms with Crippen molar-refractivity contribution in [1.82, 2.24) is 0 Å². The van der Waals surface area contributed by atoms with E-state index in [0.29, 0.717) is 11.3 Å². The monoisotopic (exact) mass is 351 g/mol. The molecule has 23 heavy (non-hydrogen) atoms. The minimum absolute atomic E-state index is 0.0133. The lowest BCUT2D eigenvalue weighted by atomic mass is 10.1. The molecule has 0 amide bonds. The molecule has 7 heteroatoms. The fraction of sp³-hybridized carbons (Fsp3) is 0.188. The van der Waals surface area contributed by atoms with Gasteiger partial charge in [-0.25, -0.2) is 13.2 Å². The minimum Gasteiger partial charge on any atom is -0.465 e. The van der Waals surface area contributed by atoms with E-state index >= 15 is 0 Å². The lowest BCUT2D eigenvalue weighted by Gasteiger charge is -2.12. The molecule has 0 aliphatic rings. The Bertz CT molecular complexity index is 832. The molecule has 0 spiro atoms. The second-order valence-corrected chi connectivity index (χ2v) is 7.30. The summed E-state index contributed by atoms with van der Waals surface area (Å²) in [5.41, 5.74) is 1.38. The number of sulfonamides is 1. The Balaban J connectivity index is 2.42. The van der Waals surface area contributed by atoms with Crippen LogP contribution in [0.15, 0.2) is 52.3 Å². The molecule has 122 valence electrons. The fourth-order valence-electron chi connectivity index (χ4n) is 2.03. The number of ether oxygens (including phenoxy) is 1. The van der Waals surface area contributed by atoms with E-state index in [2.05, 4.69) is 9.46 Å². The highest BCUT2D eigenvalue weighted by atomic mass is 32.2. The van der Waals surface area contributed by atoms with Gasteiger partial charge in [-0.05, 0) is 43.0 Å². The zero-order valence-electron chi connectivity index (χ0n) is 13.0. The Kier molecular flexibility index (Phi) is 5.33. The zero-order valence-corrected chi connectivity index (χ0v) is 14.6. The number of anilines is 1. The lowest BCUT2D eigenvalue weighted by molar-refractivity contribution is 0.0599. The fourth-order valence-corrected chi connectivity index (χ4v) is 3.75. The first kappa shape index (κ1) is 17.4. The highest BCUT2D eigenvalue weighted by Crippen LogP contribution is 2.27. The number of esters is 1. The van der Waals surface area contributed by atoms with Crippen molar-refractivity contribution in [2.75, 3.05) is 18.1 Å². The number of thioether (sulfide) groups is 1. The summed E-state index contributed by atoms with van der Waals surface area (Å²) in [5, 5.41) is 0. The normalized spacial score (nSPS) is 11.1. The molecule has 2 rings (SSSR count). The van der Waals surface area contributed by atoms with Gasteiger partial charge in [-0.2, -0.15) is 0 Å². The maximum absolute atomic E-state index is 12.6. The summed E-state index contributed by atoms with van der Waals surface area (Å²) < 4.78 is 32.4. The lowest BCUT2D eigenvalue weighted by Crippen LogP contribution is -2.15. The third kappa shape index (κ3) is 3.86. The number of nitrogens with one attached hydrogen (secondary N) is 1. The molecular weight excluding hydrogens is 334 g/mol. The van der Waals surface area contributed by atoms with Gasteiger partial charge in [0.05, 0.1) is 23.3 Å². The van der Waals surface area contributed by atoms with Crippen LogP contribution in [0.4, 0.5) is 5.69 Å². The van der Waals surface area contributed by atoms with Gasteiger partial charge < -0.3 is 4.74 Å². The van der Waals surface area contributed by atoms with Crippen molar-refractivity contribution < 1.29 is 17.9 Å². The largest absolute Gasteiger partial charge is 0.465 e. The molecule has 0 heterocycles. The molecule has 0 atom stereocenters. The SMILES string of the molecule is COC(=O)c1cc(S(=O)(=O)Nc2ccccc2SC)ccc1C. The highest BCUT2D eigenvalue weighted by Gasteiger charge is 2.19. The number of methoxy groups -OCH3 is 1. The van der Waals surface area contributed by atoms with E-state index in [1.165, 1.54) is 31.0 Å². The molecule has 0 aromatic heterocycles. The first-order valence-corrected chi connectivity index (χ1v) is 9.44. The summed E-state index contributed by atoms with van der Waals surface area (Å²) >= 11 is 1.44. The molecule has 5 nitrogen and oxygen atoms in total. The number of rotatable bonds is 5. The summed E-state index contributed by atoms with van der Waals surface area (Å²) in [6.07, 6.45) is 1.87. The molecule has 0 bridgehead atoms. The van der Waals surface area contributed by atoms with Gasteiger partial charge in [0.2, 0.25) is 0 Å². The third-order valence-corrected chi connectivity index (χ3v) is 5.43. The number of benzene rings is 2. The van der Waals surface area contributed by atoms with Crippen LogP contribution in [0.1, 0.15) is 15.9 Å². The molecule has 0 radical (unpaired) electrons. The summed E-state index contributed by atoms with van der Waals surface area (Å²) in [7, 11) is -2.54. The van der Waals surface area contributed by atoms with Gasteiger partial charge >= 0.3 is 5.97 Å². The van der Waals surface area contributed by atoms with Gasteiger partial charge in [0.15, 0.2) is 0 Å². The topological polar surface area (TPSA) is 72.5 Å². The van der Waals surface area contributed by atoms with E-state index < -0.39 is 16.0 Å². The average Bonchev–Trinajstić information content (AvgIpc) is 2.54. The zero-order chi connectivity index (χ0) is 17.0. The molecule has 0 unspecified atom stereocenters. The third-order valence-electron chi connectivity index (χ3n) is 3.28. The maximum atomic E-state index is 12.6. The van der Waals surface area contributed by atoms with Crippen LogP contribution in [0.3, 0.4) is 0 Å². The number of aryl methyl sites for hydroxylation is 1. The van der Waals surface area contributed by atoms with E-state index in [9.17, 15) is 13.2 Å².